The Hall–Kier alpha value is -2.78. The van der Waals surface area contributed by atoms with Crippen LogP contribution in [0.3, 0.4) is 0 Å². The molecule has 1 N–H and O–H groups in total. The second-order valence-corrected chi connectivity index (χ2v) is 8.08. The zero-order chi connectivity index (χ0) is 21.5. The van der Waals surface area contributed by atoms with Crippen LogP contribution < -0.4 is 10.1 Å². The van der Waals surface area contributed by atoms with Gasteiger partial charge in [0.2, 0.25) is 0 Å². The Morgan fingerprint density at radius 3 is 2.17 bits per heavy atom. The van der Waals surface area contributed by atoms with Crippen LogP contribution in [0.4, 0.5) is 0 Å². The topological polar surface area (TPSA) is 38.3 Å². The van der Waals surface area contributed by atoms with Gasteiger partial charge in [0, 0.05) is 5.56 Å². The number of rotatable bonds is 8. The third kappa shape index (κ3) is 5.64. The largest absolute Gasteiger partial charge is 0.487 e. The maximum absolute atomic E-state index is 12.7. The van der Waals surface area contributed by atoms with E-state index in [9.17, 15) is 4.79 Å². The van der Waals surface area contributed by atoms with E-state index in [1.165, 1.54) is 5.56 Å². The molecule has 4 heteroatoms. The molecule has 30 heavy (non-hydrogen) atoms. The van der Waals surface area contributed by atoms with Crippen molar-refractivity contribution < 1.29 is 9.53 Å². The zero-order valence-electron chi connectivity index (χ0n) is 17.7. The number of carbonyl (C=O) groups excluding carboxylic acids is 1. The van der Waals surface area contributed by atoms with Crippen molar-refractivity contribution in [2.24, 2.45) is 0 Å². The smallest absolute Gasteiger partial charge is 0.251 e. The van der Waals surface area contributed by atoms with Crippen molar-refractivity contribution in [3.8, 4) is 5.75 Å². The van der Waals surface area contributed by atoms with E-state index in [1.807, 2.05) is 42.5 Å². The molecule has 3 nitrogen and oxygen atoms in total. The average molecular weight is 422 g/mol. The predicted octanol–water partition coefficient (Wildman–Crippen LogP) is 6.92. The molecule has 0 aliphatic rings. The lowest BCUT2D eigenvalue weighted by atomic mass is 9.98. The quantitative estimate of drug-likeness (QED) is 0.428. The van der Waals surface area contributed by atoms with Crippen molar-refractivity contribution in [3.05, 3.63) is 100 Å². The minimum atomic E-state index is -0.0756. The Morgan fingerprint density at radius 1 is 0.933 bits per heavy atom. The Balaban J connectivity index is 1.61. The van der Waals surface area contributed by atoms with Crippen molar-refractivity contribution in [2.75, 3.05) is 0 Å². The van der Waals surface area contributed by atoms with Gasteiger partial charge in [-0.05, 0) is 53.3 Å². The number of para-hydroxylation sites is 1. The van der Waals surface area contributed by atoms with Gasteiger partial charge in [0.05, 0.1) is 11.1 Å². The van der Waals surface area contributed by atoms with Crippen molar-refractivity contribution in [1.82, 2.24) is 5.32 Å². The minimum absolute atomic E-state index is 0.0121. The highest BCUT2D eigenvalue weighted by atomic mass is 35.5. The normalized spacial score (nSPS) is 11.9. The van der Waals surface area contributed by atoms with Gasteiger partial charge in [-0.15, -0.1) is 0 Å². The van der Waals surface area contributed by atoms with Gasteiger partial charge in [0.25, 0.3) is 5.91 Å². The van der Waals surface area contributed by atoms with Crippen LogP contribution in [0.1, 0.15) is 66.2 Å². The number of nitrogens with one attached hydrogen (secondary N) is 1. The summed E-state index contributed by atoms with van der Waals surface area (Å²) in [5.41, 5.74) is 4.03. The first-order valence-corrected chi connectivity index (χ1v) is 10.7. The maximum Gasteiger partial charge on any atom is 0.251 e. The molecule has 1 unspecified atom stereocenters. The SMILES string of the molecule is CCC(NC(=O)c1ccc(COc2ccccc2Cl)cc1)c1ccc(C(C)C)cc1. The molecule has 0 bridgehead atoms. The van der Waals surface area contributed by atoms with E-state index in [1.54, 1.807) is 6.07 Å². The highest BCUT2D eigenvalue weighted by molar-refractivity contribution is 6.32. The van der Waals surface area contributed by atoms with Gasteiger partial charge in [-0.2, -0.15) is 0 Å². The molecule has 3 rings (SSSR count). The fraction of sp³-hybridized carbons (Fsp3) is 0.269. The maximum atomic E-state index is 12.7. The molecular formula is C26H28ClNO2. The summed E-state index contributed by atoms with van der Waals surface area (Å²) in [7, 11) is 0. The minimum Gasteiger partial charge on any atom is -0.487 e. The standard InChI is InChI=1S/C26H28ClNO2/c1-4-24(21-15-13-20(14-16-21)18(2)3)28-26(29)22-11-9-19(10-12-22)17-30-25-8-6-5-7-23(25)27/h5-16,18,24H,4,17H2,1-3H3,(H,28,29). The van der Waals surface area contributed by atoms with Crippen LogP contribution >= 0.6 is 11.6 Å². The molecule has 0 spiro atoms. The second-order valence-electron chi connectivity index (χ2n) is 7.67. The fourth-order valence-corrected chi connectivity index (χ4v) is 3.44. The summed E-state index contributed by atoms with van der Waals surface area (Å²) in [6, 6.07) is 23.3. The summed E-state index contributed by atoms with van der Waals surface area (Å²) in [6.07, 6.45) is 0.830. The van der Waals surface area contributed by atoms with Crippen molar-refractivity contribution >= 4 is 17.5 Å². The van der Waals surface area contributed by atoms with E-state index in [0.717, 1.165) is 17.5 Å². The Labute approximate surface area is 184 Å². The van der Waals surface area contributed by atoms with E-state index in [2.05, 4.69) is 50.4 Å². The van der Waals surface area contributed by atoms with E-state index in [0.29, 0.717) is 28.9 Å². The number of hydrogen-bond acceptors (Lipinski definition) is 2. The summed E-state index contributed by atoms with van der Waals surface area (Å²) >= 11 is 6.12. The molecule has 1 amide bonds. The van der Waals surface area contributed by atoms with Crippen LogP contribution in [0, 0.1) is 0 Å². The lowest BCUT2D eigenvalue weighted by Crippen LogP contribution is -2.28. The van der Waals surface area contributed by atoms with Crippen LogP contribution in [-0.4, -0.2) is 5.91 Å². The highest BCUT2D eigenvalue weighted by Crippen LogP contribution is 2.24. The first-order chi connectivity index (χ1) is 14.5. The number of hydrogen-bond donors (Lipinski definition) is 1. The van der Waals surface area contributed by atoms with Crippen molar-refractivity contribution in [3.63, 3.8) is 0 Å². The molecule has 0 heterocycles. The molecule has 3 aromatic carbocycles. The molecule has 3 aromatic rings. The predicted molar refractivity (Wildman–Crippen MR) is 123 cm³/mol. The molecule has 0 saturated heterocycles. The number of ether oxygens (including phenoxy) is 1. The van der Waals surface area contributed by atoms with E-state index >= 15 is 0 Å². The average Bonchev–Trinajstić information content (AvgIpc) is 2.77. The first-order valence-electron chi connectivity index (χ1n) is 10.3. The fourth-order valence-electron chi connectivity index (χ4n) is 3.25. The van der Waals surface area contributed by atoms with Gasteiger partial charge in [0.15, 0.2) is 0 Å². The first kappa shape index (κ1) is 21.9. The Kier molecular flexibility index (Phi) is 7.53. The van der Waals surface area contributed by atoms with Gasteiger partial charge in [-0.3, -0.25) is 4.79 Å². The Morgan fingerprint density at radius 2 is 1.57 bits per heavy atom. The molecule has 0 fully saturated rings. The van der Waals surface area contributed by atoms with Crippen LogP contribution in [0.15, 0.2) is 72.8 Å². The van der Waals surface area contributed by atoms with Crippen molar-refractivity contribution in [2.45, 2.75) is 45.8 Å². The highest BCUT2D eigenvalue weighted by Gasteiger charge is 2.14. The molecule has 156 valence electrons. The van der Waals surface area contributed by atoms with E-state index < -0.39 is 0 Å². The van der Waals surface area contributed by atoms with Gasteiger partial charge in [-0.1, -0.05) is 80.9 Å². The van der Waals surface area contributed by atoms with E-state index in [-0.39, 0.29) is 11.9 Å². The molecular weight excluding hydrogens is 394 g/mol. The third-order valence-corrected chi connectivity index (χ3v) is 5.48. The summed E-state index contributed by atoms with van der Waals surface area (Å²) in [5.74, 6) is 1.07. The number of halogens is 1. The van der Waals surface area contributed by atoms with Crippen LogP contribution in [0.25, 0.3) is 0 Å². The number of carbonyl (C=O) groups is 1. The van der Waals surface area contributed by atoms with Crippen LogP contribution in [-0.2, 0) is 6.61 Å². The number of amides is 1. The van der Waals surface area contributed by atoms with Crippen molar-refractivity contribution in [1.29, 1.82) is 0 Å². The van der Waals surface area contributed by atoms with Gasteiger partial charge in [0.1, 0.15) is 12.4 Å². The molecule has 0 saturated carbocycles. The Bertz CT molecular complexity index is 965. The second kappa shape index (κ2) is 10.3. The lowest BCUT2D eigenvalue weighted by Gasteiger charge is -2.18. The lowest BCUT2D eigenvalue weighted by molar-refractivity contribution is 0.0935. The van der Waals surface area contributed by atoms with Crippen LogP contribution in [0.2, 0.25) is 5.02 Å². The monoisotopic (exact) mass is 421 g/mol. The summed E-state index contributed by atoms with van der Waals surface area (Å²) in [6.45, 7) is 6.83. The third-order valence-electron chi connectivity index (χ3n) is 5.17. The van der Waals surface area contributed by atoms with Gasteiger partial charge < -0.3 is 10.1 Å². The molecule has 0 radical (unpaired) electrons. The number of benzene rings is 3. The summed E-state index contributed by atoms with van der Waals surface area (Å²) < 4.78 is 5.76. The zero-order valence-corrected chi connectivity index (χ0v) is 18.4. The molecule has 0 aliphatic carbocycles. The molecule has 1 atom stereocenters. The van der Waals surface area contributed by atoms with E-state index in [4.69, 9.17) is 16.3 Å². The summed E-state index contributed by atoms with van der Waals surface area (Å²) in [4.78, 5) is 12.7. The molecule has 0 aromatic heterocycles. The van der Waals surface area contributed by atoms with Gasteiger partial charge in [-0.25, -0.2) is 0 Å². The van der Waals surface area contributed by atoms with Gasteiger partial charge >= 0.3 is 0 Å². The summed E-state index contributed by atoms with van der Waals surface area (Å²) in [5, 5.41) is 3.73. The molecule has 0 aliphatic heterocycles. The van der Waals surface area contributed by atoms with Crippen LogP contribution in [0.5, 0.6) is 5.75 Å².